The molecule has 2 aromatic carbocycles. The summed E-state index contributed by atoms with van der Waals surface area (Å²) in [6.45, 7) is 0. The average molecular weight is 279 g/mol. The zero-order valence-electron chi connectivity index (χ0n) is 7.74. The van der Waals surface area contributed by atoms with E-state index in [2.05, 4.69) is 28.1 Å². The molecule has 15 heavy (non-hydrogen) atoms. The molecule has 0 aliphatic carbocycles. The Morgan fingerprint density at radius 3 is 2.80 bits per heavy atom. The third-order valence-corrected chi connectivity index (χ3v) is 4.65. The number of carbonyl (C=O) groups excluding carboxylic acids is 1. The van der Waals surface area contributed by atoms with E-state index in [1.165, 1.54) is 10.8 Å². The van der Waals surface area contributed by atoms with Gasteiger partial charge in [-0.05, 0) is 16.8 Å². The molecule has 1 unspecified atom stereocenters. The minimum Gasteiger partial charge on any atom is -0.292 e. The first-order chi connectivity index (χ1) is 7.27. The fraction of sp³-hybridized carbons (Fsp3) is 0.0833. The summed E-state index contributed by atoms with van der Waals surface area (Å²) in [5.74, 6) is 0.181. The normalized spacial score (nSPS) is 19.5. The summed E-state index contributed by atoms with van der Waals surface area (Å²) in [4.78, 5) is 12.9. The highest BCUT2D eigenvalue weighted by atomic mass is 79.9. The van der Waals surface area contributed by atoms with E-state index < -0.39 is 0 Å². The largest absolute Gasteiger partial charge is 0.292 e. The molecule has 0 aromatic heterocycles. The summed E-state index contributed by atoms with van der Waals surface area (Å²) in [7, 11) is 0. The Labute approximate surface area is 100.0 Å². The molecule has 0 saturated heterocycles. The summed E-state index contributed by atoms with van der Waals surface area (Å²) in [5.41, 5.74) is 0.848. The van der Waals surface area contributed by atoms with Crippen LogP contribution in [-0.2, 0) is 0 Å². The number of carbonyl (C=O) groups is 1. The number of benzene rings is 2. The molecule has 3 heteroatoms. The summed E-state index contributed by atoms with van der Waals surface area (Å²) in [6.07, 6.45) is 0. The number of Topliss-reactive ketones (excluding diaryl/α,β-unsaturated/α-hetero) is 1. The molecule has 1 nitrogen and oxygen atoms in total. The van der Waals surface area contributed by atoms with Crippen LogP contribution in [-0.4, -0.2) is 9.94 Å². The fourth-order valence-electron chi connectivity index (χ4n) is 1.84. The van der Waals surface area contributed by atoms with E-state index in [0.717, 1.165) is 10.5 Å². The second-order valence-corrected chi connectivity index (χ2v) is 6.10. The van der Waals surface area contributed by atoms with E-state index in [0.29, 0.717) is 0 Å². The van der Waals surface area contributed by atoms with Crippen molar-refractivity contribution in [3.63, 3.8) is 0 Å². The quantitative estimate of drug-likeness (QED) is 0.681. The molecule has 0 radical (unpaired) electrons. The Bertz CT molecular complexity index is 565. The van der Waals surface area contributed by atoms with Crippen molar-refractivity contribution in [2.45, 2.75) is 9.05 Å². The molecule has 0 spiro atoms. The topological polar surface area (TPSA) is 17.1 Å². The van der Waals surface area contributed by atoms with Crippen molar-refractivity contribution in [2.75, 3.05) is 0 Å². The second kappa shape index (κ2) is 3.35. The molecule has 1 aliphatic heterocycles. The summed E-state index contributed by atoms with van der Waals surface area (Å²) in [5, 5.41) is 2.37. The molecule has 74 valence electrons. The van der Waals surface area contributed by atoms with Gasteiger partial charge in [0.25, 0.3) is 0 Å². The predicted molar refractivity (Wildman–Crippen MR) is 66.9 cm³/mol. The van der Waals surface area contributed by atoms with Gasteiger partial charge >= 0.3 is 0 Å². The monoisotopic (exact) mass is 278 g/mol. The van der Waals surface area contributed by atoms with Gasteiger partial charge in [0.2, 0.25) is 0 Å². The Hall–Kier alpha value is -0.800. The summed E-state index contributed by atoms with van der Waals surface area (Å²) in [6, 6.07) is 12.1. The van der Waals surface area contributed by atoms with Gasteiger partial charge in [-0.1, -0.05) is 46.3 Å². The zero-order valence-corrected chi connectivity index (χ0v) is 10.1. The van der Waals surface area contributed by atoms with Gasteiger partial charge in [0.15, 0.2) is 5.78 Å². The smallest absolute Gasteiger partial charge is 0.187 e. The Kier molecular flexibility index (Phi) is 2.11. The molecule has 0 saturated carbocycles. The number of ketones is 1. The van der Waals surface area contributed by atoms with Crippen LogP contribution in [0.3, 0.4) is 0 Å². The lowest BCUT2D eigenvalue weighted by Gasteiger charge is -2.02. The highest BCUT2D eigenvalue weighted by Gasteiger charge is 2.30. The zero-order chi connectivity index (χ0) is 10.4. The van der Waals surface area contributed by atoms with E-state index in [-0.39, 0.29) is 9.94 Å². The van der Waals surface area contributed by atoms with Gasteiger partial charge in [-0.15, -0.1) is 11.8 Å². The molecule has 0 fully saturated rings. The lowest BCUT2D eigenvalue weighted by molar-refractivity contribution is 0.101. The highest BCUT2D eigenvalue weighted by molar-refractivity contribution is 9.11. The van der Waals surface area contributed by atoms with Crippen molar-refractivity contribution in [2.24, 2.45) is 0 Å². The van der Waals surface area contributed by atoms with Crippen LogP contribution in [0.1, 0.15) is 10.4 Å². The predicted octanol–water partition coefficient (Wildman–Crippen LogP) is 3.85. The van der Waals surface area contributed by atoms with Crippen molar-refractivity contribution >= 4 is 44.2 Å². The molecular formula is C12H7BrOS. The fourth-order valence-corrected chi connectivity index (χ4v) is 3.70. The number of alkyl halides is 1. The van der Waals surface area contributed by atoms with Crippen LogP contribution in [0.5, 0.6) is 0 Å². The number of rotatable bonds is 0. The minimum absolute atomic E-state index is 0.113. The first-order valence-electron chi connectivity index (χ1n) is 4.64. The lowest BCUT2D eigenvalue weighted by Crippen LogP contribution is -2.02. The van der Waals surface area contributed by atoms with Crippen LogP contribution >= 0.6 is 27.7 Å². The van der Waals surface area contributed by atoms with Crippen molar-refractivity contribution in [3.05, 3.63) is 42.0 Å². The maximum Gasteiger partial charge on any atom is 0.187 e. The third-order valence-electron chi connectivity index (χ3n) is 2.57. The van der Waals surface area contributed by atoms with Crippen LogP contribution < -0.4 is 0 Å². The van der Waals surface area contributed by atoms with Gasteiger partial charge in [-0.3, -0.25) is 4.79 Å². The van der Waals surface area contributed by atoms with Crippen LogP contribution in [0.2, 0.25) is 0 Å². The van der Waals surface area contributed by atoms with E-state index in [4.69, 9.17) is 0 Å². The third kappa shape index (κ3) is 1.34. The first kappa shape index (κ1) is 9.43. The number of halogens is 1. The number of hydrogen-bond donors (Lipinski definition) is 0. The van der Waals surface area contributed by atoms with E-state index >= 15 is 0 Å². The average Bonchev–Trinajstić information content (AvgIpc) is 2.56. The first-order valence-corrected chi connectivity index (χ1v) is 6.43. The molecule has 0 bridgehead atoms. The van der Waals surface area contributed by atoms with E-state index in [9.17, 15) is 4.79 Å². The Morgan fingerprint density at radius 2 is 1.93 bits per heavy atom. The van der Waals surface area contributed by atoms with Crippen molar-refractivity contribution in [1.82, 2.24) is 0 Å². The lowest BCUT2D eigenvalue weighted by atomic mass is 10.1. The molecule has 1 atom stereocenters. The SMILES string of the molecule is O=C1c2ccc3ccccc3c2SC1Br. The van der Waals surface area contributed by atoms with Gasteiger partial charge in [0, 0.05) is 10.5 Å². The number of thioether (sulfide) groups is 1. The summed E-state index contributed by atoms with van der Waals surface area (Å²) < 4.78 is -0.113. The Morgan fingerprint density at radius 1 is 1.13 bits per heavy atom. The molecule has 1 heterocycles. The van der Waals surface area contributed by atoms with Gasteiger partial charge in [-0.25, -0.2) is 0 Å². The Balaban J connectivity index is 2.38. The van der Waals surface area contributed by atoms with Gasteiger partial charge in [-0.2, -0.15) is 0 Å². The van der Waals surface area contributed by atoms with Crippen molar-refractivity contribution in [1.29, 1.82) is 0 Å². The van der Waals surface area contributed by atoms with Gasteiger partial charge < -0.3 is 0 Å². The second-order valence-electron chi connectivity index (χ2n) is 3.46. The maximum atomic E-state index is 11.8. The molecule has 0 N–H and O–H groups in total. The number of fused-ring (bicyclic) bond motifs is 3. The molecule has 3 rings (SSSR count). The van der Waals surface area contributed by atoms with Crippen molar-refractivity contribution in [3.8, 4) is 0 Å². The van der Waals surface area contributed by atoms with Crippen LogP contribution in [0, 0.1) is 0 Å². The maximum absolute atomic E-state index is 11.8. The molecule has 1 aliphatic rings. The minimum atomic E-state index is -0.113. The van der Waals surface area contributed by atoms with Gasteiger partial charge in [0.1, 0.15) is 4.16 Å². The van der Waals surface area contributed by atoms with Crippen molar-refractivity contribution < 1.29 is 4.79 Å². The molecule has 0 amide bonds. The standard InChI is InChI=1S/C12H7BrOS/c13-12-10(14)9-6-5-7-3-1-2-4-8(7)11(9)15-12/h1-6,12H. The molecular weight excluding hydrogens is 272 g/mol. The van der Waals surface area contributed by atoms with Crippen LogP contribution in [0.15, 0.2) is 41.3 Å². The van der Waals surface area contributed by atoms with E-state index in [1.807, 2.05) is 24.3 Å². The number of hydrogen-bond acceptors (Lipinski definition) is 2. The van der Waals surface area contributed by atoms with Gasteiger partial charge in [0.05, 0.1) is 0 Å². The molecule has 2 aromatic rings. The van der Waals surface area contributed by atoms with Crippen LogP contribution in [0.25, 0.3) is 10.8 Å². The van der Waals surface area contributed by atoms with E-state index in [1.54, 1.807) is 11.8 Å². The summed E-state index contributed by atoms with van der Waals surface area (Å²) >= 11 is 4.98. The van der Waals surface area contributed by atoms with Crippen LogP contribution in [0.4, 0.5) is 0 Å². The highest BCUT2D eigenvalue weighted by Crippen LogP contribution is 2.43.